The number of H-pyrrole nitrogens is 1. The quantitative estimate of drug-likeness (QED) is 0.943. The summed E-state index contributed by atoms with van der Waals surface area (Å²) in [5.74, 6) is 0.646. The lowest BCUT2D eigenvalue weighted by molar-refractivity contribution is 0.270. The lowest BCUT2D eigenvalue weighted by atomic mass is 10.1. The van der Waals surface area contributed by atoms with Crippen molar-refractivity contribution < 1.29 is 0 Å². The Morgan fingerprint density at radius 3 is 2.50 bits per heavy atom. The van der Waals surface area contributed by atoms with Crippen LogP contribution in [0.3, 0.4) is 0 Å². The predicted molar refractivity (Wildman–Crippen MR) is 89.6 cm³/mol. The number of halogens is 1. The van der Waals surface area contributed by atoms with Crippen molar-refractivity contribution in [2.24, 2.45) is 0 Å². The van der Waals surface area contributed by atoms with Gasteiger partial charge in [-0.1, -0.05) is 30.7 Å². The van der Waals surface area contributed by atoms with Gasteiger partial charge in [-0.05, 0) is 18.7 Å². The van der Waals surface area contributed by atoms with Crippen molar-refractivity contribution in [2.75, 3.05) is 37.6 Å². The molecule has 1 aliphatic rings. The van der Waals surface area contributed by atoms with E-state index >= 15 is 0 Å². The maximum Gasteiger partial charge on any atom is 0.252 e. The number of aromatic amines is 1. The Morgan fingerprint density at radius 2 is 1.86 bits per heavy atom. The second-order valence-corrected chi connectivity index (χ2v) is 5.82. The molecule has 6 heteroatoms. The van der Waals surface area contributed by atoms with Crippen LogP contribution in [0.1, 0.15) is 6.92 Å². The Bertz CT molecular complexity index is 690. The Balaban J connectivity index is 1.87. The molecule has 0 bridgehead atoms. The molecule has 0 unspecified atom stereocenters. The predicted octanol–water partition coefficient (Wildman–Crippen LogP) is 2.23. The van der Waals surface area contributed by atoms with Crippen LogP contribution in [-0.4, -0.2) is 47.6 Å². The first kappa shape index (κ1) is 15.1. The van der Waals surface area contributed by atoms with E-state index in [2.05, 4.69) is 26.7 Å². The molecule has 1 fully saturated rings. The van der Waals surface area contributed by atoms with E-state index in [1.54, 1.807) is 12.1 Å². The standard InChI is InChI=1S/C16H19ClN4O/c1-2-20-7-9-21(10-8-20)16-18-14(11-15(22)19-16)12-3-5-13(17)6-4-12/h3-6,11H,2,7-10H2,1H3,(H,18,19,22). The molecule has 1 saturated heterocycles. The molecule has 1 aliphatic heterocycles. The highest BCUT2D eigenvalue weighted by molar-refractivity contribution is 6.30. The first-order valence-electron chi connectivity index (χ1n) is 7.50. The number of nitrogens with zero attached hydrogens (tertiary/aromatic N) is 3. The third kappa shape index (κ3) is 3.31. The fraction of sp³-hybridized carbons (Fsp3) is 0.375. The van der Waals surface area contributed by atoms with Crippen molar-refractivity contribution in [3.8, 4) is 11.3 Å². The Morgan fingerprint density at radius 1 is 1.18 bits per heavy atom. The van der Waals surface area contributed by atoms with Crippen LogP contribution in [0.15, 0.2) is 35.1 Å². The summed E-state index contributed by atoms with van der Waals surface area (Å²) in [5.41, 5.74) is 1.44. The first-order valence-corrected chi connectivity index (χ1v) is 7.88. The van der Waals surface area contributed by atoms with E-state index in [1.165, 1.54) is 6.07 Å². The van der Waals surface area contributed by atoms with Gasteiger partial charge in [-0.25, -0.2) is 4.98 Å². The van der Waals surface area contributed by atoms with Crippen molar-refractivity contribution in [3.63, 3.8) is 0 Å². The monoisotopic (exact) mass is 318 g/mol. The number of aromatic nitrogens is 2. The Hall–Kier alpha value is -1.85. The number of anilines is 1. The van der Waals surface area contributed by atoms with Crippen LogP contribution in [-0.2, 0) is 0 Å². The van der Waals surface area contributed by atoms with Gasteiger partial charge in [-0.2, -0.15) is 0 Å². The molecule has 0 aliphatic carbocycles. The second kappa shape index (κ2) is 6.50. The minimum atomic E-state index is -0.132. The highest BCUT2D eigenvalue weighted by Crippen LogP contribution is 2.20. The number of nitrogens with one attached hydrogen (secondary N) is 1. The molecule has 0 spiro atoms. The molecular weight excluding hydrogens is 300 g/mol. The summed E-state index contributed by atoms with van der Waals surface area (Å²) in [6, 6.07) is 8.89. The van der Waals surface area contributed by atoms with Crippen molar-refractivity contribution in [2.45, 2.75) is 6.92 Å². The molecular formula is C16H19ClN4O. The average molecular weight is 319 g/mol. The molecule has 116 valence electrons. The molecule has 22 heavy (non-hydrogen) atoms. The molecule has 0 atom stereocenters. The molecule has 2 heterocycles. The van der Waals surface area contributed by atoms with Gasteiger partial charge in [0.15, 0.2) is 0 Å². The lowest BCUT2D eigenvalue weighted by Gasteiger charge is -2.34. The number of rotatable bonds is 3. The summed E-state index contributed by atoms with van der Waals surface area (Å²) in [4.78, 5) is 23.9. The van der Waals surface area contributed by atoms with Crippen LogP contribution >= 0.6 is 11.6 Å². The molecule has 0 radical (unpaired) electrons. The van der Waals surface area contributed by atoms with Crippen LogP contribution in [0.4, 0.5) is 5.95 Å². The van der Waals surface area contributed by atoms with Gasteiger partial charge in [0.25, 0.3) is 5.56 Å². The first-order chi connectivity index (χ1) is 10.7. The van der Waals surface area contributed by atoms with E-state index in [-0.39, 0.29) is 5.56 Å². The van der Waals surface area contributed by atoms with E-state index in [4.69, 9.17) is 11.6 Å². The number of piperazine rings is 1. The summed E-state index contributed by atoms with van der Waals surface area (Å²) in [6.07, 6.45) is 0. The summed E-state index contributed by atoms with van der Waals surface area (Å²) < 4.78 is 0. The van der Waals surface area contributed by atoms with Gasteiger partial charge in [0.2, 0.25) is 5.95 Å². The fourth-order valence-corrected chi connectivity index (χ4v) is 2.76. The zero-order chi connectivity index (χ0) is 15.5. The molecule has 2 aromatic rings. The molecule has 3 rings (SSSR count). The maximum atomic E-state index is 12.0. The van der Waals surface area contributed by atoms with Crippen molar-refractivity contribution in [3.05, 3.63) is 45.7 Å². The molecule has 1 N–H and O–H groups in total. The van der Waals surface area contributed by atoms with Crippen molar-refractivity contribution >= 4 is 17.5 Å². The fourth-order valence-electron chi connectivity index (χ4n) is 2.64. The van der Waals surface area contributed by atoms with Crippen LogP contribution in [0.5, 0.6) is 0 Å². The van der Waals surface area contributed by atoms with Gasteiger partial charge >= 0.3 is 0 Å². The van der Waals surface area contributed by atoms with Crippen LogP contribution in [0.25, 0.3) is 11.3 Å². The average Bonchev–Trinajstić information content (AvgIpc) is 2.55. The van der Waals surface area contributed by atoms with Crippen molar-refractivity contribution in [1.82, 2.24) is 14.9 Å². The van der Waals surface area contributed by atoms with Gasteiger partial charge in [0.1, 0.15) is 0 Å². The van der Waals surface area contributed by atoms with E-state index in [0.717, 1.165) is 38.3 Å². The topological polar surface area (TPSA) is 52.2 Å². The summed E-state index contributed by atoms with van der Waals surface area (Å²) in [5, 5.41) is 0.671. The highest BCUT2D eigenvalue weighted by atomic mass is 35.5. The third-order valence-corrected chi connectivity index (χ3v) is 4.24. The largest absolute Gasteiger partial charge is 0.340 e. The Kier molecular flexibility index (Phi) is 4.45. The molecule has 1 aromatic carbocycles. The van der Waals surface area contributed by atoms with E-state index in [9.17, 15) is 4.79 Å². The van der Waals surface area contributed by atoms with Gasteiger partial charge in [0, 0.05) is 42.8 Å². The van der Waals surface area contributed by atoms with E-state index < -0.39 is 0 Å². The summed E-state index contributed by atoms with van der Waals surface area (Å²) in [7, 11) is 0. The second-order valence-electron chi connectivity index (χ2n) is 5.38. The molecule has 0 saturated carbocycles. The minimum Gasteiger partial charge on any atom is -0.340 e. The van der Waals surface area contributed by atoms with E-state index in [1.807, 2.05) is 12.1 Å². The minimum absolute atomic E-state index is 0.132. The molecule has 1 aromatic heterocycles. The number of hydrogen-bond acceptors (Lipinski definition) is 4. The van der Waals surface area contributed by atoms with E-state index in [0.29, 0.717) is 16.7 Å². The Labute approximate surface area is 134 Å². The molecule has 5 nitrogen and oxygen atoms in total. The summed E-state index contributed by atoms with van der Waals surface area (Å²) >= 11 is 5.91. The maximum absolute atomic E-state index is 12.0. The zero-order valence-electron chi connectivity index (χ0n) is 12.6. The SMILES string of the molecule is CCN1CCN(c2nc(-c3ccc(Cl)cc3)cc(=O)[nH]2)CC1. The number of likely N-dealkylation sites (N-methyl/N-ethyl adjacent to an activating group) is 1. The smallest absolute Gasteiger partial charge is 0.252 e. The highest BCUT2D eigenvalue weighted by Gasteiger charge is 2.18. The number of hydrogen-bond donors (Lipinski definition) is 1. The van der Waals surface area contributed by atoms with Gasteiger partial charge < -0.3 is 9.80 Å². The van der Waals surface area contributed by atoms with Gasteiger partial charge in [-0.3, -0.25) is 9.78 Å². The molecule has 0 amide bonds. The zero-order valence-corrected chi connectivity index (χ0v) is 13.3. The van der Waals surface area contributed by atoms with Gasteiger partial charge in [-0.15, -0.1) is 0 Å². The normalized spacial score (nSPS) is 16.0. The van der Waals surface area contributed by atoms with Crippen molar-refractivity contribution in [1.29, 1.82) is 0 Å². The van der Waals surface area contributed by atoms with Gasteiger partial charge in [0.05, 0.1) is 5.69 Å². The van der Waals surface area contributed by atoms with Crippen LogP contribution in [0.2, 0.25) is 5.02 Å². The summed E-state index contributed by atoms with van der Waals surface area (Å²) in [6.45, 7) is 6.96. The van der Waals surface area contributed by atoms with Crippen LogP contribution in [0, 0.1) is 0 Å². The van der Waals surface area contributed by atoms with Crippen LogP contribution < -0.4 is 10.5 Å². The number of benzene rings is 1. The lowest BCUT2D eigenvalue weighted by Crippen LogP contribution is -2.47. The third-order valence-electron chi connectivity index (χ3n) is 3.99.